The van der Waals surface area contributed by atoms with Gasteiger partial charge in [0.15, 0.2) is 0 Å². The van der Waals surface area contributed by atoms with E-state index in [-0.39, 0.29) is 10.9 Å². The molecule has 0 atom stereocenters. The minimum absolute atomic E-state index is 0.142. The van der Waals surface area contributed by atoms with E-state index in [1.807, 2.05) is 0 Å². The van der Waals surface area contributed by atoms with Crippen molar-refractivity contribution >= 4 is 37.4 Å². The number of benzene rings is 1. The van der Waals surface area contributed by atoms with Crippen LogP contribution in [-0.4, -0.2) is 4.98 Å². The smallest absolute Gasteiger partial charge is 0.327 e. The highest BCUT2D eigenvalue weighted by molar-refractivity contribution is 9.10. The highest BCUT2D eigenvalue weighted by Crippen LogP contribution is 2.38. The fraction of sp³-hybridized carbons (Fsp3) is 0.0714. The molecule has 0 bridgehead atoms. The van der Waals surface area contributed by atoms with Crippen molar-refractivity contribution in [1.29, 1.82) is 0 Å². The number of fused-ring (bicyclic) bond motifs is 1. The van der Waals surface area contributed by atoms with Crippen molar-refractivity contribution in [3.63, 3.8) is 0 Å². The summed E-state index contributed by atoms with van der Waals surface area (Å²) in [6.07, 6.45) is -3.32. The Morgan fingerprint density at radius 1 is 1.23 bits per heavy atom. The zero-order chi connectivity index (χ0) is 16.1. The molecule has 2 nitrogen and oxygen atoms in total. The van der Waals surface area contributed by atoms with Gasteiger partial charge in [0.1, 0.15) is 5.82 Å². The van der Waals surface area contributed by atoms with Gasteiger partial charge in [-0.05, 0) is 33.6 Å². The number of H-pyrrole nitrogens is 1. The second-order valence-corrected chi connectivity index (χ2v) is 6.25. The van der Waals surface area contributed by atoms with Crippen molar-refractivity contribution in [2.45, 2.75) is 6.18 Å². The van der Waals surface area contributed by atoms with Crippen LogP contribution in [0.5, 0.6) is 0 Å². The van der Waals surface area contributed by atoms with Gasteiger partial charge in [-0.3, -0.25) is 4.79 Å². The fourth-order valence-electron chi connectivity index (χ4n) is 2.15. The molecular formula is C14H6BrF4NOS. The van der Waals surface area contributed by atoms with E-state index >= 15 is 0 Å². The van der Waals surface area contributed by atoms with Gasteiger partial charge in [0.25, 0.3) is 5.56 Å². The summed E-state index contributed by atoms with van der Waals surface area (Å²) < 4.78 is 53.1. The molecule has 0 spiro atoms. The Morgan fingerprint density at radius 2 is 1.95 bits per heavy atom. The Bertz CT molecular complexity index is 929. The molecule has 2 aromatic heterocycles. The number of hydrogen-bond donors (Lipinski definition) is 1. The predicted molar refractivity (Wildman–Crippen MR) is 80.5 cm³/mol. The van der Waals surface area contributed by atoms with E-state index in [4.69, 9.17) is 0 Å². The lowest BCUT2D eigenvalue weighted by molar-refractivity contribution is -0.139. The highest BCUT2D eigenvalue weighted by atomic mass is 79.9. The maximum atomic E-state index is 13.4. The van der Waals surface area contributed by atoms with E-state index in [0.29, 0.717) is 14.7 Å². The van der Waals surface area contributed by atoms with Crippen molar-refractivity contribution in [1.82, 2.24) is 4.98 Å². The third-order valence-corrected chi connectivity index (χ3v) is 5.05. The van der Waals surface area contributed by atoms with Gasteiger partial charge >= 0.3 is 6.18 Å². The summed E-state index contributed by atoms with van der Waals surface area (Å²) in [5.41, 5.74) is -1.28. The van der Waals surface area contributed by atoms with Crippen molar-refractivity contribution in [3.05, 3.63) is 56.0 Å². The van der Waals surface area contributed by atoms with E-state index in [2.05, 4.69) is 20.9 Å². The molecule has 3 aromatic rings. The Labute approximate surface area is 133 Å². The van der Waals surface area contributed by atoms with Crippen LogP contribution in [0, 0.1) is 5.82 Å². The first-order valence-corrected chi connectivity index (χ1v) is 7.62. The standard InChI is InChI=1S/C14H6BrF4NOS/c15-9-4-20-13(21)11-7(5-22-12(9)11)6-1-2-10(16)8(3-6)14(17,18)19/h1-5H,(H,20,21). The molecule has 8 heteroatoms. The molecule has 2 heterocycles. The summed E-state index contributed by atoms with van der Waals surface area (Å²) >= 11 is 4.50. The number of nitrogens with one attached hydrogen (secondary N) is 1. The number of aromatic nitrogens is 1. The van der Waals surface area contributed by atoms with Gasteiger partial charge in [0.05, 0.1) is 20.1 Å². The number of halogens is 5. The maximum absolute atomic E-state index is 13.4. The summed E-state index contributed by atoms with van der Waals surface area (Å²) in [5, 5.41) is 1.86. The minimum atomic E-state index is -4.79. The monoisotopic (exact) mass is 391 g/mol. The third kappa shape index (κ3) is 2.46. The molecule has 3 rings (SSSR count). The van der Waals surface area contributed by atoms with Crippen LogP contribution in [0.2, 0.25) is 0 Å². The maximum Gasteiger partial charge on any atom is 0.419 e. The lowest BCUT2D eigenvalue weighted by Crippen LogP contribution is -2.08. The molecule has 0 amide bonds. The summed E-state index contributed by atoms with van der Waals surface area (Å²) in [7, 11) is 0. The van der Waals surface area contributed by atoms with Gasteiger partial charge in [-0.25, -0.2) is 4.39 Å². The van der Waals surface area contributed by atoms with Gasteiger partial charge in [-0.15, -0.1) is 11.3 Å². The van der Waals surface area contributed by atoms with Crippen LogP contribution in [0.3, 0.4) is 0 Å². The molecule has 0 unspecified atom stereocenters. The quantitative estimate of drug-likeness (QED) is 0.569. The van der Waals surface area contributed by atoms with Crippen LogP contribution < -0.4 is 5.56 Å². The lowest BCUT2D eigenvalue weighted by atomic mass is 10.0. The average molecular weight is 392 g/mol. The second-order valence-electron chi connectivity index (χ2n) is 4.51. The number of hydrogen-bond acceptors (Lipinski definition) is 2. The van der Waals surface area contributed by atoms with Gasteiger partial charge in [0, 0.05) is 17.1 Å². The fourth-order valence-corrected chi connectivity index (χ4v) is 3.72. The normalized spacial score (nSPS) is 12.0. The summed E-state index contributed by atoms with van der Waals surface area (Å²) in [5.74, 6) is -1.34. The van der Waals surface area contributed by atoms with Crippen molar-refractivity contribution in [3.8, 4) is 11.1 Å². The molecule has 22 heavy (non-hydrogen) atoms. The Balaban J connectivity index is 2.30. The summed E-state index contributed by atoms with van der Waals surface area (Å²) in [6, 6.07) is 2.71. The molecule has 0 radical (unpaired) electrons. The number of alkyl halides is 3. The predicted octanol–water partition coefficient (Wildman–Crippen LogP) is 5.18. The van der Waals surface area contributed by atoms with Crippen LogP contribution in [0.25, 0.3) is 21.2 Å². The average Bonchev–Trinajstić information content (AvgIpc) is 2.88. The molecule has 0 aliphatic heterocycles. The Kier molecular flexibility index (Phi) is 3.60. The van der Waals surface area contributed by atoms with E-state index in [1.54, 1.807) is 5.38 Å². The SMILES string of the molecule is O=c1[nH]cc(Br)c2scc(-c3ccc(F)c(C(F)(F)F)c3)c12. The first-order chi connectivity index (χ1) is 10.3. The molecule has 114 valence electrons. The second kappa shape index (κ2) is 5.20. The molecular weight excluding hydrogens is 386 g/mol. The van der Waals surface area contributed by atoms with Gasteiger partial charge < -0.3 is 4.98 Å². The molecule has 0 saturated carbocycles. The van der Waals surface area contributed by atoms with Crippen molar-refractivity contribution < 1.29 is 17.6 Å². The van der Waals surface area contributed by atoms with Gasteiger partial charge in [0.2, 0.25) is 0 Å². The first kappa shape index (κ1) is 15.2. The van der Waals surface area contributed by atoms with Gasteiger partial charge in [-0.2, -0.15) is 13.2 Å². The molecule has 0 saturated heterocycles. The number of thiophene rings is 1. The van der Waals surface area contributed by atoms with Crippen LogP contribution >= 0.6 is 27.3 Å². The number of pyridine rings is 1. The topological polar surface area (TPSA) is 32.9 Å². The molecule has 0 aliphatic carbocycles. The molecule has 1 aromatic carbocycles. The van der Waals surface area contributed by atoms with Crippen LogP contribution in [0.1, 0.15) is 5.56 Å². The largest absolute Gasteiger partial charge is 0.419 e. The molecule has 0 aliphatic rings. The van der Waals surface area contributed by atoms with Crippen LogP contribution in [0.4, 0.5) is 17.6 Å². The Hall–Kier alpha value is -1.67. The van der Waals surface area contributed by atoms with E-state index < -0.39 is 23.1 Å². The number of rotatable bonds is 1. The highest BCUT2D eigenvalue weighted by Gasteiger charge is 2.34. The van der Waals surface area contributed by atoms with Crippen molar-refractivity contribution in [2.24, 2.45) is 0 Å². The number of aromatic amines is 1. The minimum Gasteiger partial charge on any atom is -0.327 e. The first-order valence-electron chi connectivity index (χ1n) is 5.94. The summed E-state index contributed by atoms with van der Waals surface area (Å²) in [4.78, 5) is 14.5. The van der Waals surface area contributed by atoms with E-state index in [9.17, 15) is 22.4 Å². The van der Waals surface area contributed by atoms with Crippen LogP contribution in [0.15, 0.2) is 39.0 Å². The zero-order valence-corrected chi connectivity index (χ0v) is 13.0. The van der Waals surface area contributed by atoms with Gasteiger partial charge in [-0.1, -0.05) is 6.07 Å². The van der Waals surface area contributed by atoms with Crippen molar-refractivity contribution in [2.75, 3.05) is 0 Å². The Morgan fingerprint density at radius 3 is 2.64 bits per heavy atom. The molecule has 1 N–H and O–H groups in total. The zero-order valence-electron chi connectivity index (χ0n) is 10.6. The lowest BCUT2D eigenvalue weighted by Gasteiger charge is -2.09. The van der Waals surface area contributed by atoms with E-state index in [1.165, 1.54) is 23.6 Å². The van der Waals surface area contributed by atoms with Crippen LogP contribution in [-0.2, 0) is 6.18 Å². The third-order valence-electron chi connectivity index (χ3n) is 3.15. The van der Waals surface area contributed by atoms with E-state index in [0.717, 1.165) is 12.1 Å². The molecule has 0 fully saturated rings. The summed E-state index contributed by atoms with van der Waals surface area (Å²) in [6.45, 7) is 0.